The van der Waals surface area contributed by atoms with Crippen molar-refractivity contribution in [3.05, 3.63) is 59.2 Å². The van der Waals surface area contributed by atoms with E-state index >= 15 is 0 Å². The van der Waals surface area contributed by atoms with Gasteiger partial charge in [-0.25, -0.2) is 9.71 Å². The molecule has 12 heteroatoms. The molecule has 2 aromatic carbocycles. The lowest BCUT2D eigenvalue weighted by atomic mass is 10.0. The molecule has 37 heavy (non-hydrogen) atoms. The summed E-state index contributed by atoms with van der Waals surface area (Å²) in [5.74, 6) is 1.40. The molecule has 0 aliphatic carbocycles. The molecule has 0 bridgehead atoms. The minimum atomic E-state index is -2.37. The Labute approximate surface area is 224 Å². The fourth-order valence-corrected chi connectivity index (χ4v) is 4.73. The molecule has 1 saturated heterocycles. The first-order valence-electron chi connectivity index (χ1n) is 11.9. The SMILES string of the molecule is COc1cc(N2CCC(N(C)C)CC2)ccc1Nc1ncc(Cl)c(Nc2ccccc2CNS(=O)[O-])n1. The van der Waals surface area contributed by atoms with Gasteiger partial charge in [-0.15, -0.1) is 0 Å². The van der Waals surface area contributed by atoms with Crippen LogP contribution in [0.3, 0.4) is 0 Å². The highest BCUT2D eigenvalue weighted by atomic mass is 35.5. The fraction of sp³-hybridized carbons (Fsp3) is 0.360. The molecule has 2 heterocycles. The van der Waals surface area contributed by atoms with Crippen molar-refractivity contribution in [2.75, 3.05) is 49.8 Å². The average molecular weight is 545 g/mol. The number of aromatic nitrogens is 2. The highest BCUT2D eigenvalue weighted by Gasteiger charge is 2.21. The number of methoxy groups -OCH3 is 1. The quantitative estimate of drug-likeness (QED) is 0.325. The number of halogens is 1. The van der Waals surface area contributed by atoms with Gasteiger partial charge in [0.25, 0.3) is 0 Å². The van der Waals surface area contributed by atoms with E-state index in [0.717, 1.165) is 42.9 Å². The highest BCUT2D eigenvalue weighted by molar-refractivity contribution is 7.77. The Kier molecular flexibility index (Phi) is 9.17. The summed E-state index contributed by atoms with van der Waals surface area (Å²) in [5.41, 5.74) is 3.25. The van der Waals surface area contributed by atoms with Gasteiger partial charge >= 0.3 is 0 Å². The summed E-state index contributed by atoms with van der Waals surface area (Å²) in [7, 11) is 5.91. The molecule has 1 aromatic heterocycles. The summed E-state index contributed by atoms with van der Waals surface area (Å²) < 4.78 is 29.9. The van der Waals surface area contributed by atoms with Crippen molar-refractivity contribution in [2.45, 2.75) is 25.4 Å². The molecule has 10 nitrogen and oxygen atoms in total. The molecular weight excluding hydrogens is 514 g/mol. The van der Waals surface area contributed by atoms with E-state index in [-0.39, 0.29) is 6.54 Å². The van der Waals surface area contributed by atoms with Crippen LogP contribution < -0.4 is 25.0 Å². The van der Waals surface area contributed by atoms with Crippen LogP contribution in [0.4, 0.5) is 28.8 Å². The van der Waals surface area contributed by atoms with Gasteiger partial charge in [-0.05, 0) is 50.7 Å². The van der Waals surface area contributed by atoms with Gasteiger partial charge in [0, 0.05) is 54.4 Å². The maximum Gasteiger partial charge on any atom is 0.229 e. The monoisotopic (exact) mass is 544 g/mol. The van der Waals surface area contributed by atoms with Gasteiger partial charge in [-0.2, -0.15) is 4.98 Å². The van der Waals surface area contributed by atoms with Gasteiger partial charge < -0.3 is 29.7 Å². The van der Waals surface area contributed by atoms with Crippen LogP contribution in [0.2, 0.25) is 5.02 Å². The van der Waals surface area contributed by atoms with Crippen LogP contribution in [0.25, 0.3) is 0 Å². The smallest absolute Gasteiger partial charge is 0.229 e. The van der Waals surface area contributed by atoms with Gasteiger partial charge in [0.1, 0.15) is 10.8 Å². The Morgan fingerprint density at radius 1 is 1.16 bits per heavy atom. The normalized spacial score (nSPS) is 15.0. The van der Waals surface area contributed by atoms with E-state index in [0.29, 0.717) is 34.3 Å². The van der Waals surface area contributed by atoms with Crippen molar-refractivity contribution in [3.8, 4) is 5.75 Å². The maximum absolute atomic E-state index is 10.9. The molecule has 3 N–H and O–H groups in total. The van der Waals surface area contributed by atoms with Crippen molar-refractivity contribution in [3.63, 3.8) is 0 Å². The second-order valence-electron chi connectivity index (χ2n) is 8.92. The Morgan fingerprint density at radius 2 is 1.92 bits per heavy atom. The van der Waals surface area contributed by atoms with Crippen LogP contribution in [-0.2, 0) is 17.8 Å². The lowest BCUT2D eigenvalue weighted by Crippen LogP contribution is -2.41. The number of anilines is 5. The van der Waals surface area contributed by atoms with Gasteiger partial charge in [-0.3, -0.25) is 4.21 Å². The lowest BCUT2D eigenvalue weighted by molar-refractivity contribution is 0.249. The molecule has 1 unspecified atom stereocenters. The van der Waals surface area contributed by atoms with Crippen LogP contribution in [0.15, 0.2) is 48.7 Å². The van der Waals surface area contributed by atoms with E-state index < -0.39 is 11.3 Å². The highest BCUT2D eigenvalue weighted by Crippen LogP contribution is 2.34. The lowest BCUT2D eigenvalue weighted by Gasteiger charge is -2.36. The summed E-state index contributed by atoms with van der Waals surface area (Å²) >= 11 is 3.99. The zero-order chi connectivity index (χ0) is 26.4. The molecule has 1 aliphatic rings. The third kappa shape index (κ3) is 7.08. The molecule has 3 aromatic rings. The minimum Gasteiger partial charge on any atom is -0.760 e. The van der Waals surface area contributed by atoms with Crippen LogP contribution in [0.5, 0.6) is 5.75 Å². The number of ether oxygens (including phenoxy) is 1. The number of nitrogens with one attached hydrogen (secondary N) is 3. The largest absolute Gasteiger partial charge is 0.760 e. The predicted octanol–water partition coefficient (Wildman–Crippen LogP) is 4.04. The number of para-hydroxylation sites is 1. The number of rotatable bonds is 10. The zero-order valence-electron chi connectivity index (χ0n) is 21.0. The van der Waals surface area contributed by atoms with Crippen LogP contribution in [0, 0.1) is 0 Å². The van der Waals surface area contributed by atoms with Crippen molar-refractivity contribution in [1.82, 2.24) is 19.6 Å². The first kappa shape index (κ1) is 27.1. The Morgan fingerprint density at radius 3 is 2.62 bits per heavy atom. The first-order valence-corrected chi connectivity index (χ1v) is 13.4. The van der Waals surface area contributed by atoms with Gasteiger partial charge in [0.15, 0.2) is 5.82 Å². The fourth-order valence-electron chi connectivity index (χ4n) is 4.32. The molecule has 1 aliphatic heterocycles. The molecule has 198 valence electrons. The second-order valence-corrected chi connectivity index (χ2v) is 10.1. The van der Waals surface area contributed by atoms with Gasteiger partial charge in [0.2, 0.25) is 5.95 Å². The van der Waals surface area contributed by atoms with E-state index in [1.807, 2.05) is 36.4 Å². The topological polar surface area (TPSA) is 118 Å². The van der Waals surface area contributed by atoms with E-state index in [2.05, 4.69) is 55.3 Å². The third-order valence-corrected chi connectivity index (χ3v) is 7.04. The van der Waals surface area contributed by atoms with Crippen molar-refractivity contribution < 1.29 is 13.5 Å². The van der Waals surface area contributed by atoms with Crippen molar-refractivity contribution in [1.29, 1.82) is 0 Å². The van der Waals surface area contributed by atoms with Crippen molar-refractivity contribution >= 4 is 51.7 Å². The van der Waals surface area contributed by atoms with Crippen LogP contribution in [-0.4, -0.2) is 64.0 Å². The standard InChI is InChI=1S/C25H32ClN7O3S/c1-32(2)18-10-12-33(13-11-18)19-8-9-22(23(14-19)36-3)30-25-27-16-20(26)24(31-25)29-21-7-5-4-6-17(21)15-28-37(34)35/h4-9,14,16,18,28H,10-13,15H2,1-3H3,(H,34,35)(H2,27,29,30,31)/p-1. The molecule has 1 atom stereocenters. The van der Waals surface area contributed by atoms with Crippen molar-refractivity contribution in [2.24, 2.45) is 0 Å². The number of nitrogens with zero attached hydrogens (tertiary/aromatic N) is 4. The van der Waals surface area contributed by atoms with E-state index in [1.165, 1.54) is 6.20 Å². The van der Waals surface area contributed by atoms with E-state index in [1.54, 1.807) is 7.11 Å². The predicted molar refractivity (Wildman–Crippen MR) is 148 cm³/mol. The Balaban J connectivity index is 1.49. The molecule has 0 amide bonds. The number of hydrogen-bond donors (Lipinski definition) is 3. The zero-order valence-corrected chi connectivity index (χ0v) is 22.6. The summed E-state index contributed by atoms with van der Waals surface area (Å²) in [4.78, 5) is 13.5. The molecule has 4 rings (SSSR count). The Hall–Kier alpha value is -2.96. The number of benzene rings is 2. The van der Waals surface area contributed by atoms with E-state index in [4.69, 9.17) is 16.3 Å². The van der Waals surface area contributed by atoms with E-state index in [9.17, 15) is 8.76 Å². The van der Waals surface area contributed by atoms with Gasteiger partial charge in [0.05, 0.1) is 19.0 Å². The molecule has 1 fully saturated rings. The van der Waals surface area contributed by atoms with Gasteiger partial charge in [-0.1, -0.05) is 29.8 Å². The Bertz CT molecular complexity index is 1240. The molecule has 0 saturated carbocycles. The molecule has 0 radical (unpaired) electrons. The summed E-state index contributed by atoms with van der Waals surface area (Å²) in [6.45, 7) is 2.12. The third-order valence-electron chi connectivity index (χ3n) is 6.39. The molecule has 0 spiro atoms. The summed E-state index contributed by atoms with van der Waals surface area (Å²) in [6.07, 6.45) is 3.75. The second kappa shape index (κ2) is 12.5. The number of hydrogen-bond acceptors (Lipinski definition) is 9. The average Bonchev–Trinajstić information content (AvgIpc) is 2.90. The summed E-state index contributed by atoms with van der Waals surface area (Å²) in [5, 5.41) is 6.72. The first-order chi connectivity index (χ1) is 17.8. The number of piperidine rings is 1. The minimum absolute atomic E-state index is 0.128. The molecular formula is C25H31ClN7O3S-. The van der Waals surface area contributed by atoms with Crippen LogP contribution in [0.1, 0.15) is 18.4 Å². The maximum atomic E-state index is 10.9. The van der Waals surface area contributed by atoms with Crippen LogP contribution >= 0.6 is 11.6 Å². The summed E-state index contributed by atoms with van der Waals surface area (Å²) in [6, 6.07) is 14.0.